The lowest BCUT2D eigenvalue weighted by Crippen LogP contribution is -2.15. The largest absolute Gasteiger partial charge is 0.491 e. The number of carboxylic acid groups (broad SMARTS) is 1. The molecule has 210 valence electrons. The van der Waals surface area contributed by atoms with Gasteiger partial charge in [-0.3, -0.25) is 19.7 Å². The number of ether oxygens (including phenoxy) is 7. The number of non-ortho nitro benzene ring substituents is 1. The first-order valence-electron chi connectivity index (χ1n) is 12.1. The van der Waals surface area contributed by atoms with Gasteiger partial charge in [0.1, 0.15) is 19.0 Å². The fraction of sp³-hybridized carbons (Fsp3) is 0.667. The van der Waals surface area contributed by atoms with Crippen LogP contribution in [0.2, 0.25) is 0 Å². The molecule has 0 heterocycles. The van der Waals surface area contributed by atoms with E-state index >= 15 is 0 Å². The molecule has 13 nitrogen and oxygen atoms in total. The van der Waals surface area contributed by atoms with E-state index in [-0.39, 0.29) is 37.7 Å². The number of nitro benzene ring substituents is 1. The van der Waals surface area contributed by atoms with Crippen molar-refractivity contribution >= 4 is 17.6 Å². The highest BCUT2D eigenvalue weighted by molar-refractivity contribution is 5.69. The third-order valence-corrected chi connectivity index (χ3v) is 4.54. The molecule has 0 bridgehead atoms. The average molecular weight is 532 g/mol. The molecule has 1 rings (SSSR count). The summed E-state index contributed by atoms with van der Waals surface area (Å²) in [5.41, 5.74) is 0.0152. The molecule has 0 unspecified atom stereocenters. The summed E-state index contributed by atoms with van der Waals surface area (Å²) in [5.74, 6) is -0.683. The number of hydrogen-bond donors (Lipinski definition) is 1. The van der Waals surface area contributed by atoms with Crippen molar-refractivity contribution in [2.24, 2.45) is 0 Å². The summed E-state index contributed by atoms with van der Waals surface area (Å²) >= 11 is 0. The van der Waals surface area contributed by atoms with Crippen LogP contribution in [0.25, 0.3) is 0 Å². The number of esters is 1. The number of hydrogen-bond acceptors (Lipinski definition) is 11. The van der Waals surface area contributed by atoms with E-state index in [2.05, 4.69) is 0 Å². The quantitative estimate of drug-likeness (QED) is 0.0849. The molecule has 1 N–H and O–H groups in total. The first-order valence-corrected chi connectivity index (χ1v) is 12.1. The molecular formula is C24H37NO12. The predicted octanol–water partition coefficient (Wildman–Crippen LogP) is 2.24. The Kier molecular flexibility index (Phi) is 19.5. The van der Waals surface area contributed by atoms with Crippen LogP contribution in [0.15, 0.2) is 24.3 Å². The van der Waals surface area contributed by atoms with Gasteiger partial charge in [0.05, 0.1) is 71.0 Å². The van der Waals surface area contributed by atoms with Crippen LogP contribution in [-0.2, 0) is 38.0 Å². The summed E-state index contributed by atoms with van der Waals surface area (Å²) in [4.78, 5) is 31.9. The van der Waals surface area contributed by atoms with E-state index in [1.165, 1.54) is 12.1 Å². The molecule has 0 saturated heterocycles. The number of nitrogens with zero attached hydrogens (tertiary/aromatic N) is 1. The van der Waals surface area contributed by atoms with Crippen LogP contribution < -0.4 is 4.74 Å². The third-order valence-electron chi connectivity index (χ3n) is 4.54. The summed E-state index contributed by atoms with van der Waals surface area (Å²) in [6.07, 6.45) is 1.21. The topological polar surface area (TPSA) is 162 Å². The smallest absolute Gasteiger partial charge is 0.305 e. The number of carbonyl (C=O) groups is 2. The Hall–Kier alpha value is -2.84. The fourth-order valence-corrected chi connectivity index (χ4v) is 2.70. The lowest BCUT2D eigenvalue weighted by Gasteiger charge is -2.09. The molecule has 0 saturated carbocycles. The van der Waals surface area contributed by atoms with Gasteiger partial charge in [-0.05, 0) is 25.0 Å². The molecule has 0 aromatic heterocycles. The predicted molar refractivity (Wildman–Crippen MR) is 130 cm³/mol. The zero-order chi connectivity index (χ0) is 27.0. The monoisotopic (exact) mass is 531 g/mol. The van der Waals surface area contributed by atoms with Gasteiger partial charge in [-0.1, -0.05) is 0 Å². The van der Waals surface area contributed by atoms with Crippen molar-refractivity contribution < 1.29 is 52.8 Å². The summed E-state index contributed by atoms with van der Waals surface area (Å²) in [7, 11) is 0. The Morgan fingerprint density at radius 1 is 0.676 bits per heavy atom. The zero-order valence-electron chi connectivity index (χ0n) is 21.0. The summed E-state index contributed by atoms with van der Waals surface area (Å²) < 4.78 is 37.3. The van der Waals surface area contributed by atoms with Gasteiger partial charge in [0.15, 0.2) is 0 Å². The molecule has 0 fully saturated rings. The van der Waals surface area contributed by atoms with Gasteiger partial charge >= 0.3 is 11.9 Å². The van der Waals surface area contributed by atoms with Crippen LogP contribution in [0.3, 0.4) is 0 Å². The third kappa shape index (κ3) is 20.0. The second-order valence-corrected chi connectivity index (χ2v) is 7.48. The Balaban J connectivity index is 1.74. The molecule has 13 heteroatoms. The lowest BCUT2D eigenvalue weighted by molar-refractivity contribution is -0.384. The Morgan fingerprint density at radius 2 is 1.11 bits per heavy atom. The molecule has 0 spiro atoms. The molecule has 0 aliphatic rings. The van der Waals surface area contributed by atoms with Crippen molar-refractivity contribution in [3.8, 4) is 5.75 Å². The molecule has 0 amide bonds. The van der Waals surface area contributed by atoms with Crippen LogP contribution in [-0.4, -0.2) is 101 Å². The molecule has 37 heavy (non-hydrogen) atoms. The normalized spacial score (nSPS) is 10.8. The number of rotatable bonds is 25. The maximum atomic E-state index is 11.4. The summed E-state index contributed by atoms with van der Waals surface area (Å²) in [6, 6.07) is 5.85. The maximum absolute atomic E-state index is 11.4. The van der Waals surface area contributed by atoms with Crippen molar-refractivity contribution in [1.29, 1.82) is 0 Å². The van der Waals surface area contributed by atoms with E-state index in [0.717, 1.165) is 0 Å². The zero-order valence-corrected chi connectivity index (χ0v) is 21.0. The van der Waals surface area contributed by atoms with Crippen LogP contribution in [0.4, 0.5) is 5.69 Å². The van der Waals surface area contributed by atoms with Crippen molar-refractivity contribution in [3.05, 3.63) is 34.4 Å². The van der Waals surface area contributed by atoms with E-state index in [4.69, 9.17) is 38.3 Å². The molecule has 0 aliphatic heterocycles. The lowest BCUT2D eigenvalue weighted by atomic mass is 10.2. The second-order valence-electron chi connectivity index (χ2n) is 7.48. The molecule has 1 aromatic rings. The number of carbonyl (C=O) groups excluding carboxylic acids is 1. The van der Waals surface area contributed by atoms with Gasteiger partial charge in [0.25, 0.3) is 5.69 Å². The van der Waals surface area contributed by atoms with Gasteiger partial charge < -0.3 is 38.3 Å². The number of carboxylic acids is 1. The number of aliphatic carboxylic acids is 1. The average Bonchev–Trinajstić information content (AvgIpc) is 2.88. The van der Waals surface area contributed by atoms with E-state index in [1.807, 2.05) is 0 Å². The molecule has 0 radical (unpaired) electrons. The minimum absolute atomic E-state index is 0.0152. The van der Waals surface area contributed by atoms with E-state index in [0.29, 0.717) is 84.7 Å². The summed E-state index contributed by atoms with van der Waals surface area (Å²) in [6.45, 7) is 4.47. The van der Waals surface area contributed by atoms with Crippen LogP contribution in [0, 0.1) is 10.1 Å². The van der Waals surface area contributed by atoms with Gasteiger partial charge in [-0.25, -0.2) is 0 Å². The maximum Gasteiger partial charge on any atom is 0.305 e. The molecule has 1 aromatic carbocycles. The number of nitro groups is 1. The second kappa shape index (κ2) is 22.4. The van der Waals surface area contributed by atoms with Gasteiger partial charge in [0.2, 0.25) is 0 Å². The van der Waals surface area contributed by atoms with E-state index in [1.54, 1.807) is 12.1 Å². The molecular weight excluding hydrogens is 494 g/mol. The summed E-state index contributed by atoms with van der Waals surface area (Å²) in [5, 5.41) is 19.1. The minimum atomic E-state index is -0.869. The number of unbranched alkanes of at least 4 members (excludes halogenated alkanes) is 1. The number of benzene rings is 1. The van der Waals surface area contributed by atoms with Crippen LogP contribution in [0.1, 0.15) is 25.7 Å². The van der Waals surface area contributed by atoms with Crippen molar-refractivity contribution in [2.75, 3.05) is 79.3 Å². The highest BCUT2D eigenvalue weighted by atomic mass is 16.6. The van der Waals surface area contributed by atoms with E-state index in [9.17, 15) is 19.7 Å². The Labute approximate surface area is 216 Å². The SMILES string of the molecule is O=C(O)CCCCC(=O)OCCOCCOCCOCCOCCOCCOc1ccc([N+](=O)[O-])cc1. The van der Waals surface area contributed by atoms with Crippen molar-refractivity contribution in [2.45, 2.75) is 25.7 Å². The minimum Gasteiger partial charge on any atom is -0.491 e. The Bertz CT molecular complexity index is 744. The first kappa shape index (κ1) is 32.2. The van der Waals surface area contributed by atoms with Crippen molar-refractivity contribution in [1.82, 2.24) is 0 Å². The standard InChI is InChI=1S/C24H37NO12/c26-23(27)3-1-2-4-24(28)37-20-18-35-16-14-33-12-10-31-9-11-32-13-15-34-17-19-36-22-7-5-21(6-8-22)25(29)30/h5-8H,1-4,9-20H2,(H,26,27). The highest BCUT2D eigenvalue weighted by Crippen LogP contribution is 2.17. The molecule has 0 atom stereocenters. The van der Waals surface area contributed by atoms with Crippen LogP contribution in [0.5, 0.6) is 5.75 Å². The van der Waals surface area contributed by atoms with Crippen LogP contribution >= 0.6 is 0 Å². The first-order chi connectivity index (χ1) is 18.0. The Morgan fingerprint density at radius 3 is 1.57 bits per heavy atom. The van der Waals surface area contributed by atoms with Crippen molar-refractivity contribution in [3.63, 3.8) is 0 Å². The van der Waals surface area contributed by atoms with E-state index < -0.39 is 10.9 Å². The van der Waals surface area contributed by atoms with Gasteiger partial charge in [-0.2, -0.15) is 0 Å². The molecule has 0 aliphatic carbocycles. The van der Waals surface area contributed by atoms with Gasteiger partial charge in [-0.15, -0.1) is 0 Å². The fourth-order valence-electron chi connectivity index (χ4n) is 2.70. The highest BCUT2D eigenvalue weighted by Gasteiger charge is 2.05. The van der Waals surface area contributed by atoms with Gasteiger partial charge in [0, 0.05) is 25.0 Å².